The Morgan fingerprint density at radius 3 is 2.68 bits per heavy atom. The number of thioether (sulfide) groups is 1. The summed E-state index contributed by atoms with van der Waals surface area (Å²) in [6.45, 7) is 4.83. The molecular weight excluding hydrogens is 254 g/mol. The lowest BCUT2D eigenvalue weighted by Gasteiger charge is -2.10. The zero-order valence-corrected chi connectivity index (χ0v) is 12.2. The fourth-order valence-electron chi connectivity index (χ4n) is 1.78. The smallest absolute Gasteiger partial charge is 0.122 e. The Morgan fingerprint density at radius 1 is 1.11 bits per heavy atom. The molecule has 0 aliphatic heterocycles. The van der Waals surface area contributed by atoms with E-state index >= 15 is 0 Å². The maximum Gasteiger partial charge on any atom is 0.122 e. The van der Waals surface area contributed by atoms with Gasteiger partial charge in [-0.1, -0.05) is 24.3 Å². The highest BCUT2D eigenvalue weighted by Crippen LogP contribution is 2.25. The zero-order chi connectivity index (χ0) is 13.7. The maximum absolute atomic E-state index is 5.90. The molecule has 0 spiro atoms. The fraction of sp³-hybridized carbons (Fsp3) is 0.250. The summed E-state index contributed by atoms with van der Waals surface area (Å²) in [6, 6.07) is 14.2. The molecule has 100 valence electrons. The SMILES string of the molecule is Cc1ccc(C)c(OCCSc2ccccc2N)c1. The molecule has 0 aliphatic carbocycles. The second kappa shape index (κ2) is 6.53. The normalized spacial score (nSPS) is 10.4. The fourth-order valence-corrected chi connectivity index (χ4v) is 2.57. The van der Waals surface area contributed by atoms with E-state index in [-0.39, 0.29) is 0 Å². The van der Waals surface area contributed by atoms with Crippen molar-refractivity contribution in [2.24, 2.45) is 0 Å². The Bertz CT molecular complexity index is 554. The first kappa shape index (κ1) is 13.8. The van der Waals surface area contributed by atoms with Crippen LogP contribution in [-0.4, -0.2) is 12.4 Å². The van der Waals surface area contributed by atoms with Gasteiger partial charge in [0.25, 0.3) is 0 Å². The lowest BCUT2D eigenvalue weighted by atomic mass is 10.1. The van der Waals surface area contributed by atoms with E-state index in [2.05, 4.69) is 32.0 Å². The third-order valence-electron chi connectivity index (χ3n) is 2.86. The van der Waals surface area contributed by atoms with Crippen LogP contribution in [0.5, 0.6) is 5.75 Å². The van der Waals surface area contributed by atoms with Crippen LogP contribution in [0.4, 0.5) is 5.69 Å². The second-order valence-corrected chi connectivity index (χ2v) is 5.64. The Morgan fingerprint density at radius 2 is 1.89 bits per heavy atom. The van der Waals surface area contributed by atoms with Crippen molar-refractivity contribution in [3.05, 3.63) is 53.6 Å². The number of aryl methyl sites for hydroxylation is 2. The third-order valence-corrected chi connectivity index (χ3v) is 3.91. The van der Waals surface area contributed by atoms with Gasteiger partial charge < -0.3 is 10.5 Å². The molecule has 2 nitrogen and oxygen atoms in total. The first-order chi connectivity index (χ1) is 9.16. The quantitative estimate of drug-likeness (QED) is 0.507. The van der Waals surface area contributed by atoms with Crippen LogP contribution in [0.2, 0.25) is 0 Å². The number of hydrogen-bond acceptors (Lipinski definition) is 3. The van der Waals surface area contributed by atoms with Gasteiger partial charge in [0.1, 0.15) is 5.75 Å². The molecule has 2 aromatic rings. The van der Waals surface area contributed by atoms with E-state index in [9.17, 15) is 0 Å². The second-order valence-electron chi connectivity index (χ2n) is 4.50. The number of anilines is 1. The Hall–Kier alpha value is -1.61. The standard InChI is InChI=1S/C16H19NOS/c1-12-7-8-13(2)15(11-12)18-9-10-19-16-6-4-3-5-14(16)17/h3-8,11H,9-10,17H2,1-2H3. The summed E-state index contributed by atoms with van der Waals surface area (Å²) < 4.78 is 5.82. The van der Waals surface area contributed by atoms with Gasteiger partial charge in [-0.2, -0.15) is 0 Å². The molecule has 0 radical (unpaired) electrons. The number of hydrogen-bond donors (Lipinski definition) is 1. The van der Waals surface area contributed by atoms with Gasteiger partial charge >= 0.3 is 0 Å². The van der Waals surface area contributed by atoms with E-state index in [1.807, 2.05) is 24.3 Å². The van der Waals surface area contributed by atoms with Gasteiger partial charge in [0.05, 0.1) is 6.61 Å². The minimum atomic E-state index is 0.684. The molecule has 0 unspecified atom stereocenters. The monoisotopic (exact) mass is 273 g/mol. The molecular formula is C16H19NOS. The number of ether oxygens (including phenoxy) is 1. The van der Waals surface area contributed by atoms with Crippen LogP contribution >= 0.6 is 11.8 Å². The van der Waals surface area contributed by atoms with Gasteiger partial charge in [-0.25, -0.2) is 0 Å². The Labute approximate surface area is 119 Å². The summed E-state index contributed by atoms with van der Waals surface area (Å²) in [6.07, 6.45) is 0. The lowest BCUT2D eigenvalue weighted by molar-refractivity contribution is 0.341. The van der Waals surface area contributed by atoms with Crippen molar-refractivity contribution in [1.82, 2.24) is 0 Å². The first-order valence-corrected chi connectivity index (χ1v) is 7.33. The van der Waals surface area contributed by atoms with Gasteiger partial charge in [0, 0.05) is 16.3 Å². The Balaban J connectivity index is 1.84. The molecule has 0 aromatic heterocycles. The maximum atomic E-state index is 5.90. The molecule has 0 saturated heterocycles. The highest BCUT2D eigenvalue weighted by Gasteiger charge is 2.01. The van der Waals surface area contributed by atoms with E-state index in [1.54, 1.807) is 11.8 Å². The average molecular weight is 273 g/mol. The zero-order valence-electron chi connectivity index (χ0n) is 11.3. The molecule has 3 heteroatoms. The molecule has 0 bridgehead atoms. The first-order valence-electron chi connectivity index (χ1n) is 6.34. The summed E-state index contributed by atoms with van der Waals surface area (Å²) in [7, 11) is 0. The van der Waals surface area contributed by atoms with Gasteiger partial charge in [-0.15, -0.1) is 11.8 Å². The van der Waals surface area contributed by atoms with Crippen molar-refractivity contribution in [1.29, 1.82) is 0 Å². The number of para-hydroxylation sites is 1. The van der Waals surface area contributed by atoms with E-state index in [0.717, 1.165) is 22.1 Å². The molecule has 2 N–H and O–H groups in total. The van der Waals surface area contributed by atoms with Crippen LogP contribution in [0, 0.1) is 13.8 Å². The van der Waals surface area contributed by atoms with E-state index in [4.69, 9.17) is 10.5 Å². The molecule has 19 heavy (non-hydrogen) atoms. The highest BCUT2D eigenvalue weighted by atomic mass is 32.2. The molecule has 0 atom stereocenters. The Kier molecular flexibility index (Phi) is 4.74. The summed E-state index contributed by atoms with van der Waals surface area (Å²) in [5.74, 6) is 1.86. The summed E-state index contributed by atoms with van der Waals surface area (Å²) in [5, 5.41) is 0. The topological polar surface area (TPSA) is 35.2 Å². The minimum Gasteiger partial charge on any atom is -0.492 e. The number of rotatable bonds is 5. The largest absolute Gasteiger partial charge is 0.492 e. The van der Waals surface area contributed by atoms with Crippen molar-refractivity contribution < 1.29 is 4.74 Å². The highest BCUT2D eigenvalue weighted by molar-refractivity contribution is 7.99. The van der Waals surface area contributed by atoms with Crippen molar-refractivity contribution in [3.8, 4) is 5.75 Å². The van der Waals surface area contributed by atoms with E-state index in [1.165, 1.54) is 11.1 Å². The van der Waals surface area contributed by atoms with Gasteiger partial charge in [0.2, 0.25) is 0 Å². The van der Waals surface area contributed by atoms with Crippen LogP contribution in [-0.2, 0) is 0 Å². The summed E-state index contributed by atoms with van der Waals surface area (Å²) >= 11 is 1.73. The van der Waals surface area contributed by atoms with Gasteiger partial charge in [-0.05, 0) is 43.2 Å². The predicted octanol–water partition coefficient (Wildman–Crippen LogP) is 4.06. The van der Waals surface area contributed by atoms with Crippen molar-refractivity contribution in [2.75, 3.05) is 18.1 Å². The minimum absolute atomic E-state index is 0.684. The molecule has 0 aliphatic rings. The van der Waals surface area contributed by atoms with Crippen LogP contribution in [0.1, 0.15) is 11.1 Å². The van der Waals surface area contributed by atoms with Crippen molar-refractivity contribution in [3.63, 3.8) is 0 Å². The van der Waals surface area contributed by atoms with Crippen molar-refractivity contribution >= 4 is 17.4 Å². The molecule has 0 amide bonds. The number of nitrogens with two attached hydrogens (primary N) is 1. The van der Waals surface area contributed by atoms with E-state index < -0.39 is 0 Å². The molecule has 0 saturated carbocycles. The lowest BCUT2D eigenvalue weighted by Crippen LogP contribution is -2.02. The van der Waals surface area contributed by atoms with Crippen LogP contribution in [0.15, 0.2) is 47.4 Å². The molecule has 2 aromatic carbocycles. The van der Waals surface area contributed by atoms with Crippen molar-refractivity contribution in [2.45, 2.75) is 18.7 Å². The summed E-state index contributed by atoms with van der Waals surface area (Å²) in [4.78, 5) is 1.12. The third kappa shape index (κ3) is 3.93. The summed E-state index contributed by atoms with van der Waals surface area (Å²) in [5.41, 5.74) is 9.13. The molecule has 2 rings (SSSR count). The number of nitrogen functional groups attached to an aromatic ring is 1. The average Bonchev–Trinajstić information content (AvgIpc) is 2.40. The molecule has 0 heterocycles. The predicted molar refractivity (Wildman–Crippen MR) is 83.0 cm³/mol. The van der Waals surface area contributed by atoms with Crippen LogP contribution in [0.25, 0.3) is 0 Å². The van der Waals surface area contributed by atoms with Gasteiger partial charge in [-0.3, -0.25) is 0 Å². The van der Waals surface area contributed by atoms with Gasteiger partial charge in [0.15, 0.2) is 0 Å². The molecule has 0 fully saturated rings. The van der Waals surface area contributed by atoms with Crippen LogP contribution < -0.4 is 10.5 Å². The number of benzene rings is 2. The van der Waals surface area contributed by atoms with Crippen LogP contribution in [0.3, 0.4) is 0 Å². The van der Waals surface area contributed by atoms with E-state index in [0.29, 0.717) is 6.61 Å².